The van der Waals surface area contributed by atoms with Gasteiger partial charge in [0.1, 0.15) is 23.3 Å². The maximum Gasteiger partial charge on any atom is 0.152 e. The Hall–Kier alpha value is -2.88. The number of nitrogen functional groups attached to an aromatic ring is 1. The van der Waals surface area contributed by atoms with Crippen molar-refractivity contribution in [2.45, 2.75) is 19.3 Å². The van der Waals surface area contributed by atoms with Crippen LogP contribution in [0.4, 0.5) is 14.6 Å². The van der Waals surface area contributed by atoms with Gasteiger partial charge in [-0.15, -0.1) is 5.10 Å². The molecule has 138 valence electrons. The molecule has 0 amide bonds. The summed E-state index contributed by atoms with van der Waals surface area (Å²) in [6.45, 7) is 2.00. The van der Waals surface area contributed by atoms with Crippen LogP contribution in [0.3, 0.4) is 0 Å². The van der Waals surface area contributed by atoms with Crippen molar-refractivity contribution in [2.24, 2.45) is 0 Å². The largest absolute Gasteiger partial charge is 0.382 e. The minimum atomic E-state index is -0.712. The summed E-state index contributed by atoms with van der Waals surface area (Å²) >= 11 is 3.49. The molecule has 0 bridgehead atoms. The maximum absolute atomic E-state index is 14.0. The van der Waals surface area contributed by atoms with Crippen molar-refractivity contribution in [1.82, 2.24) is 29.6 Å². The van der Waals surface area contributed by atoms with E-state index in [-0.39, 0.29) is 11.6 Å². The second kappa shape index (κ2) is 6.69. The van der Waals surface area contributed by atoms with Crippen LogP contribution in [-0.4, -0.2) is 29.6 Å². The predicted molar refractivity (Wildman–Crippen MR) is 98.5 cm³/mol. The number of benzene rings is 1. The van der Waals surface area contributed by atoms with Gasteiger partial charge in [0.25, 0.3) is 0 Å². The Labute approximate surface area is 161 Å². The zero-order valence-corrected chi connectivity index (χ0v) is 15.7. The van der Waals surface area contributed by atoms with E-state index >= 15 is 0 Å². The highest BCUT2D eigenvalue weighted by Crippen LogP contribution is 2.33. The summed E-state index contributed by atoms with van der Waals surface area (Å²) in [5.41, 5.74) is 8.22. The number of hydrogen-bond acceptors (Lipinski definition) is 5. The van der Waals surface area contributed by atoms with Crippen LogP contribution in [0.25, 0.3) is 11.2 Å². The van der Waals surface area contributed by atoms with Crippen LogP contribution in [0.15, 0.2) is 41.3 Å². The van der Waals surface area contributed by atoms with E-state index < -0.39 is 11.6 Å². The number of nitrogens with zero attached hydrogens (tertiary/aromatic N) is 6. The van der Waals surface area contributed by atoms with E-state index in [1.807, 2.05) is 13.0 Å². The number of anilines is 1. The molecular weight excluding hydrogens is 420 g/mol. The van der Waals surface area contributed by atoms with E-state index in [9.17, 15) is 8.78 Å². The van der Waals surface area contributed by atoms with Crippen LogP contribution in [0.1, 0.15) is 30.7 Å². The molecular formula is C17H14BrF2N7. The Morgan fingerprint density at radius 3 is 2.81 bits per heavy atom. The summed E-state index contributed by atoms with van der Waals surface area (Å²) in [6.07, 6.45) is 3.71. The summed E-state index contributed by atoms with van der Waals surface area (Å²) < 4.78 is 30.9. The van der Waals surface area contributed by atoms with Gasteiger partial charge in [0.15, 0.2) is 11.6 Å². The quantitative estimate of drug-likeness (QED) is 0.532. The molecule has 10 heteroatoms. The van der Waals surface area contributed by atoms with Crippen LogP contribution >= 0.6 is 15.9 Å². The van der Waals surface area contributed by atoms with Crippen molar-refractivity contribution < 1.29 is 8.78 Å². The highest BCUT2D eigenvalue weighted by molar-refractivity contribution is 9.10. The number of rotatable bonds is 4. The molecule has 0 aliphatic carbocycles. The van der Waals surface area contributed by atoms with Crippen molar-refractivity contribution in [3.63, 3.8) is 0 Å². The molecule has 3 heterocycles. The number of hydrogen-bond donors (Lipinski definition) is 1. The fourth-order valence-electron chi connectivity index (χ4n) is 3.08. The van der Waals surface area contributed by atoms with Crippen LogP contribution < -0.4 is 5.73 Å². The average Bonchev–Trinajstić information content (AvgIpc) is 3.22. The lowest BCUT2D eigenvalue weighted by atomic mass is 9.99. The second-order valence-electron chi connectivity index (χ2n) is 5.97. The number of halogens is 3. The molecule has 4 rings (SSSR count). The van der Waals surface area contributed by atoms with Crippen molar-refractivity contribution >= 4 is 27.3 Å². The Kier molecular flexibility index (Phi) is 4.34. The van der Waals surface area contributed by atoms with Crippen molar-refractivity contribution in [3.05, 3.63) is 64.3 Å². The molecule has 1 atom stereocenters. The van der Waals surface area contributed by atoms with Crippen LogP contribution in [0, 0.1) is 11.6 Å². The van der Waals surface area contributed by atoms with E-state index in [4.69, 9.17) is 5.73 Å². The van der Waals surface area contributed by atoms with E-state index in [0.29, 0.717) is 23.4 Å². The fraction of sp³-hybridized carbons (Fsp3) is 0.176. The normalized spacial score (nSPS) is 12.6. The van der Waals surface area contributed by atoms with Gasteiger partial charge in [-0.1, -0.05) is 12.1 Å². The third-order valence-corrected chi connectivity index (χ3v) is 4.96. The van der Waals surface area contributed by atoms with Crippen LogP contribution in [0.5, 0.6) is 0 Å². The molecule has 0 radical (unpaired) electrons. The van der Waals surface area contributed by atoms with Gasteiger partial charge in [0, 0.05) is 16.5 Å². The third-order valence-electron chi connectivity index (χ3n) is 4.35. The molecule has 1 aromatic carbocycles. The first-order valence-corrected chi connectivity index (χ1v) is 8.94. The van der Waals surface area contributed by atoms with Crippen LogP contribution in [0.2, 0.25) is 0 Å². The molecule has 2 N–H and O–H groups in total. The molecule has 0 saturated carbocycles. The summed E-state index contributed by atoms with van der Waals surface area (Å²) in [4.78, 5) is 4.01. The second-order valence-corrected chi connectivity index (χ2v) is 6.82. The fourth-order valence-corrected chi connectivity index (χ4v) is 3.69. The SMILES string of the molecule is CCC(c1cn(-c2ccc(F)cc2F)nn1)c1cc(Br)c2c(N)ncnn12. The lowest BCUT2D eigenvalue weighted by Crippen LogP contribution is -2.07. The number of nitrogens with two attached hydrogens (primary N) is 1. The highest BCUT2D eigenvalue weighted by atomic mass is 79.9. The molecule has 0 spiro atoms. The molecule has 0 saturated heterocycles. The Morgan fingerprint density at radius 1 is 1.26 bits per heavy atom. The van der Waals surface area contributed by atoms with Crippen LogP contribution in [-0.2, 0) is 0 Å². The van der Waals surface area contributed by atoms with E-state index in [1.54, 1.807) is 10.7 Å². The third kappa shape index (κ3) is 2.95. The standard InChI is InChI=1S/C17H14BrF2N7/c1-2-10(15-6-11(18)16-17(21)22-8-23-27(15)16)13-7-26(25-24-13)14-4-3-9(19)5-12(14)20/h3-8,10H,2H2,1H3,(H2,21,22,23). The topological polar surface area (TPSA) is 86.9 Å². The molecule has 0 fully saturated rings. The van der Waals surface area contributed by atoms with E-state index in [0.717, 1.165) is 16.2 Å². The van der Waals surface area contributed by atoms with E-state index in [2.05, 4.69) is 36.3 Å². The van der Waals surface area contributed by atoms with Gasteiger partial charge >= 0.3 is 0 Å². The van der Waals surface area contributed by atoms with E-state index in [1.165, 1.54) is 23.1 Å². The number of aromatic nitrogens is 6. The number of fused-ring (bicyclic) bond motifs is 1. The van der Waals surface area contributed by atoms with Gasteiger partial charge in [0.05, 0.1) is 17.6 Å². The summed E-state index contributed by atoms with van der Waals surface area (Å²) in [5, 5.41) is 12.5. The zero-order chi connectivity index (χ0) is 19.1. The minimum Gasteiger partial charge on any atom is -0.382 e. The Balaban J connectivity index is 1.79. The molecule has 0 aliphatic heterocycles. The molecule has 27 heavy (non-hydrogen) atoms. The molecule has 1 unspecified atom stereocenters. The first-order chi connectivity index (χ1) is 13.0. The summed E-state index contributed by atoms with van der Waals surface area (Å²) in [7, 11) is 0. The first-order valence-electron chi connectivity index (χ1n) is 8.15. The highest BCUT2D eigenvalue weighted by Gasteiger charge is 2.23. The van der Waals surface area contributed by atoms with Gasteiger partial charge < -0.3 is 5.73 Å². The van der Waals surface area contributed by atoms with Gasteiger partial charge in [-0.3, -0.25) is 0 Å². The van der Waals surface area contributed by atoms with Crippen molar-refractivity contribution in [3.8, 4) is 5.69 Å². The van der Waals surface area contributed by atoms with Gasteiger partial charge in [-0.25, -0.2) is 23.0 Å². The predicted octanol–water partition coefficient (Wildman–Crippen LogP) is 3.47. The molecule has 0 aliphatic rings. The lowest BCUT2D eigenvalue weighted by Gasteiger charge is -2.11. The summed E-state index contributed by atoms with van der Waals surface area (Å²) in [6, 6.07) is 5.22. The average molecular weight is 434 g/mol. The summed E-state index contributed by atoms with van der Waals surface area (Å²) in [5.74, 6) is -1.16. The lowest BCUT2D eigenvalue weighted by molar-refractivity contribution is 0.572. The maximum atomic E-state index is 14.0. The Bertz CT molecular complexity index is 1140. The first kappa shape index (κ1) is 17.5. The van der Waals surface area contributed by atoms with Gasteiger partial charge in [-0.05, 0) is 40.5 Å². The zero-order valence-electron chi connectivity index (χ0n) is 14.1. The van der Waals surface area contributed by atoms with Crippen molar-refractivity contribution in [2.75, 3.05) is 5.73 Å². The smallest absolute Gasteiger partial charge is 0.152 e. The van der Waals surface area contributed by atoms with Crippen molar-refractivity contribution in [1.29, 1.82) is 0 Å². The molecule has 7 nitrogen and oxygen atoms in total. The monoisotopic (exact) mass is 433 g/mol. The Morgan fingerprint density at radius 2 is 2.07 bits per heavy atom. The molecule has 3 aromatic heterocycles. The minimum absolute atomic E-state index is 0.123. The molecule has 4 aromatic rings. The van der Waals surface area contributed by atoms with Gasteiger partial charge in [0.2, 0.25) is 0 Å². The van der Waals surface area contributed by atoms with Gasteiger partial charge in [-0.2, -0.15) is 5.10 Å².